The van der Waals surface area contributed by atoms with Gasteiger partial charge in [0.25, 0.3) is 0 Å². The molecule has 0 aliphatic carbocycles. The average Bonchev–Trinajstić information content (AvgIpc) is 2.24. The Balaban J connectivity index is 2.43. The van der Waals surface area contributed by atoms with Crippen LogP contribution in [0.1, 0.15) is 18.9 Å². The number of hydrogen-bond donors (Lipinski definition) is 1. The number of nitrogens with one attached hydrogen (secondary N) is 1. The molecule has 1 rings (SSSR count). The zero-order chi connectivity index (χ0) is 12.0. The second-order valence-electron chi connectivity index (χ2n) is 3.60. The summed E-state index contributed by atoms with van der Waals surface area (Å²) in [5.74, 6) is 0.870. The standard InChI is InChI=1S/C12H16ClNO2/c1-9(15)5-6-14-8-10-3-4-12(16-2)11(13)7-10/h3-4,7,14H,5-6,8H2,1-2H3. The Labute approximate surface area is 101 Å². The van der Waals surface area contributed by atoms with Crippen LogP contribution in [0.2, 0.25) is 5.02 Å². The summed E-state index contributed by atoms with van der Waals surface area (Å²) < 4.78 is 5.06. The van der Waals surface area contributed by atoms with E-state index in [1.165, 1.54) is 0 Å². The molecule has 0 radical (unpaired) electrons. The lowest BCUT2D eigenvalue weighted by Gasteiger charge is -2.07. The van der Waals surface area contributed by atoms with E-state index < -0.39 is 0 Å². The van der Waals surface area contributed by atoms with Crippen LogP contribution in [0.25, 0.3) is 0 Å². The van der Waals surface area contributed by atoms with Crippen molar-refractivity contribution in [1.29, 1.82) is 0 Å². The minimum absolute atomic E-state index is 0.195. The molecule has 0 amide bonds. The molecule has 1 aromatic carbocycles. The number of ether oxygens (including phenoxy) is 1. The van der Waals surface area contributed by atoms with Crippen LogP contribution in [0.4, 0.5) is 0 Å². The predicted octanol–water partition coefficient (Wildman–Crippen LogP) is 2.42. The van der Waals surface area contributed by atoms with Crippen LogP contribution in [-0.2, 0) is 11.3 Å². The summed E-state index contributed by atoms with van der Waals surface area (Å²) in [6, 6.07) is 5.65. The van der Waals surface area contributed by atoms with Gasteiger partial charge in [-0.05, 0) is 24.6 Å². The maximum atomic E-state index is 10.7. The molecule has 0 aliphatic heterocycles. The van der Waals surface area contributed by atoms with Crippen LogP contribution in [0.15, 0.2) is 18.2 Å². The Morgan fingerprint density at radius 3 is 2.81 bits per heavy atom. The average molecular weight is 242 g/mol. The minimum Gasteiger partial charge on any atom is -0.495 e. The third-order valence-corrected chi connectivity index (χ3v) is 2.49. The highest BCUT2D eigenvalue weighted by Gasteiger charge is 2.01. The molecule has 88 valence electrons. The Bertz CT molecular complexity index is 366. The van der Waals surface area contributed by atoms with E-state index in [-0.39, 0.29) is 5.78 Å². The molecule has 0 fully saturated rings. The van der Waals surface area contributed by atoms with E-state index in [0.29, 0.717) is 30.3 Å². The van der Waals surface area contributed by atoms with E-state index in [9.17, 15) is 4.79 Å². The van der Waals surface area contributed by atoms with Crippen LogP contribution >= 0.6 is 11.6 Å². The number of hydrogen-bond acceptors (Lipinski definition) is 3. The number of Topliss-reactive ketones (excluding diaryl/α,β-unsaturated/α-hetero) is 1. The number of halogens is 1. The van der Waals surface area contributed by atoms with Crippen molar-refractivity contribution >= 4 is 17.4 Å². The topological polar surface area (TPSA) is 38.3 Å². The first kappa shape index (κ1) is 13.0. The molecule has 1 aromatic rings. The molecule has 0 saturated heterocycles. The van der Waals surface area contributed by atoms with Crippen molar-refractivity contribution in [2.75, 3.05) is 13.7 Å². The van der Waals surface area contributed by atoms with E-state index >= 15 is 0 Å². The van der Waals surface area contributed by atoms with Gasteiger partial charge in [0.05, 0.1) is 12.1 Å². The molecule has 0 aliphatic rings. The summed E-state index contributed by atoms with van der Waals surface area (Å²) >= 11 is 5.99. The van der Waals surface area contributed by atoms with Crippen LogP contribution in [0.5, 0.6) is 5.75 Å². The zero-order valence-electron chi connectivity index (χ0n) is 9.55. The molecule has 3 nitrogen and oxygen atoms in total. The Hall–Kier alpha value is -1.06. The maximum Gasteiger partial charge on any atom is 0.137 e. The molecule has 0 spiro atoms. The molecule has 0 bridgehead atoms. The summed E-state index contributed by atoms with van der Waals surface area (Å²) in [5.41, 5.74) is 1.08. The molecule has 16 heavy (non-hydrogen) atoms. The summed E-state index contributed by atoms with van der Waals surface area (Å²) in [5, 5.41) is 3.78. The Morgan fingerprint density at radius 2 is 2.25 bits per heavy atom. The van der Waals surface area contributed by atoms with Gasteiger partial charge in [-0.15, -0.1) is 0 Å². The third kappa shape index (κ3) is 4.21. The molecule has 0 heterocycles. The second-order valence-corrected chi connectivity index (χ2v) is 4.00. The van der Waals surface area contributed by atoms with Gasteiger partial charge in [-0.1, -0.05) is 17.7 Å². The number of methoxy groups -OCH3 is 1. The fourth-order valence-corrected chi connectivity index (χ4v) is 1.60. The quantitative estimate of drug-likeness (QED) is 0.778. The number of carbonyl (C=O) groups excluding carboxylic acids is 1. The van der Waals surface area contributed by atoms with E-state index in [1.807, 2.05) is 18.2 Å². The van der Waals surface area contributed by atoms with Crippen molar-refractivity contribution in [3.8, 4) is 5.75 Å². The maximum absolute atomic E-state index is 10.7. The molecule has 0 saturated carbocycles. The minimum atomic E-state index is 0.195. The van der Waals surface area contributed by atoms with Crippen LogP contribution in [0, 0.1) is 0 Å². The Kier molecular flexibility index (Phi) is 5.29. The first-order valence-electron chi connectivity index (χ1n) is 5.16. The van der Waals surface area contributed by atoms with Gasteiger partial charge in [-0.25, -0.2) is 0 Å². The smallest absolute Gasteiger partial charge is 0.137 e. The summed E-state index contributed by atoms with van der Waals surface area (Å²) in [7, 11) is 1.59. The van der Waals surface area contributed by atoms with Gasteiger partial charge in [0.15, 0.2) is 0 Å². The monoisotopic (exact) mass is 241 g/mol. The molecule has 0 aromatic heterocycles. The van der Waals surface area contributed by atoms with Gasteiger partial charge in [0.2, 0.25) is 0 Å². The highest BCUT2D eigenvalue weighted by atomic mass is 35.5. The summed E-state index contributed by atoms with van der Waals surface area (Å²) in [4.78, 5) is 10.7. The van der Waals surface area contributed by atoms with Crippen molar-refractivity contribution in [2.45, 2.75) is 19.9 Å². The van der Waals surface area contributed by atoms with E-state index in [2.05, 4.69) is 5.32 Å². The van der Waals surface area contributed by atoms with Crippen LogP contribution in [0.3, 0.4) is 0 Å². The number of rotatable bonds is 6. The Morgan fingerprint density at radius 1 is 1.50 bits per heavy atom. The van der Waals surface area contributed by atoms with Crippen molar-refractivity contribution in [3.05, 3.63) is 28.8 Å². The van der Waals surface area contributed by atoms with Gasteiger partial charge < -0.3 is 10.1 Å². The lowest BCUT2D eigenvalue weighted by atomic mass is 10.2. The normalized spacial score (nSPS) is 10.2. The van der Waals surface area contributed by atoms with Gasteiger partial charge in [-0.2, -0.15) is 0 Å². The van der Waals surface area contributed by atoms with E-state index in [0.717, 1.165) is 5.56 Å². The molecular formula is C12H16ClNO2. The van der Waals surface area contributed by atoms with Gasteiger partial charge in [0.1, 0.15) is 11.5 Å². The lowest BCUT2D eigenvalue weighted by Crippen LogP contribution is -2.16. The van der Waals surface area contributed by atoms with Crippen LogP contribution in [-0.4, -0.2) is 19.4 Å². The first-order chi connectivity index (χ1) is 7.63. The molecule has 1 N–H and O–H groups in total. The highest BCUT2D eigenvalue weighted by Crippen LogP contribution is 2.24. The van der Waals surface area contributed by atoms with E-state index in [4.69, 9.17) is 16.3 Å². The SMILES string of the molecule is COc1ccc(CNCCC(C)=O)cc1Cl. The van der Waals surface area contributed by atoms with Gasteiger partial charge in [-0.3, -0.25) is 4.79 Å². The van der Waals surface area contributed by atoms with E-state index in [1.54, 1.807) is 14.0 Å². The molecule has 0 unspecified atom stereocenters. The molecule has 4 heteroatoms. The van der Waals surface area contributed by atoms with Gasteiger partial charge in [0, 0.05) is 19.5 Å². The second kappa shape index (κ2) is 6.51. The zero-order valence-corrected chi connectivity index (χ0v) is 10.3. The largest absolute Gasteiger partial charge is 0.495 e. The lowest BCUT2D eigenvalue weighted by molar-refractivity contribution is -0.116. The number of carbonyl (C=O) groups is 1. The third-order valence-electron chi connectivity index (χ3n) is 2.20. The summed E-state index contributed by atoms with van der Waals surface area (Å²) in [6.45, 7) is 2.99. The number of ketones is 1. The fraction of sp³-hybridized carbons (Fsp3) is 0.417. The first-order valence-corrected chi connectivity index (χ1v) is 5.54. The van der Waals surface area contributed by atoms with Crippen molar-refractivity contribution < 1.29 is 9.53 Å². The summed E-state index contributed by atoms with van der Waals surface area (Å²) in [6.07, 6.45) is 0.559. The van der Waals surface area contributed by atoms with Crippen LogP contribution < -0.4 is 10.1 Å². The van der Waals surface area contributed by atoms with Crippen molar-refractivity contribution in [3.63, 3.8) is 0 Å². The molecular weight excluding hydrogens is 226 g/mol. The predicted molar refractivity (Wildman–Crippen MR) is 65.0 cm³/mol. The van der Waals surface area contributed by atoms with Crippen molar-refractivity contribution in [2.24, 2.45) is 0 Å². The fourth-order valence-electron chi connectivity index (χ4n) is 1.32. The van der Waals surface area contributed by atoms with Gasteiger partial charge >= 0.3 is 0 Å². The number of benzene rings is 1. The highest BCUT2D eigenvalue weighted by molar-refractivity contribution is 6.32. The molecule has 0 atom stereocenters. The van der Waals surface area contributed by atoms with Crippen molar-refractivity contribution in [1.82, 2.24) is 5.32 Å².